The Morgan fingerprint density at radius 2 is 1.82 bits per heavy atom. The molecule has 0 aliphatic carbocycles. The predicted molar refractivity (Wildman–Crippen MR) is 89.1 cm³/mol. The van der Waals surface area contributed by atoms with Gasteiger partial charge in [0.15, 0.2) is 0 Å². The van der Waals surface area contributed by atoms with Crippen molar-refractivity contribution < 1.29 is 9.53 Å². The summed E-state index contributed by atoms with van der Waals surface area (Å²) in [6.07, 6.45) is 0. The highest BCUT2D eigenvalue weighted by atomic mass is 35.5. The summed E-state index contributed by atoms with van der Waals surface area (Å²) < 4.78 is 5.09. The predicted octanol–water partition coefficient (Wildman–Crippen LogP) is 4.16. The van der Waals surface area contributed by atoms with Gasteiger partial charge in [-0.2, -0.15) is 5.10 Å². The van der Waals surface area contributed by atoms with E-state index in [1.54, 1.807) is 26.2 Å². The molecule has 6 heteroatoms. The largest absolute Gasteiger partial charge is 0.497 e. The van der Waals surface area contributed by atoms with Gasteiger partial charge < -0.3 is 4.74 Å². The average Bonchev–Trinajstić information content (AvgIpc) is 2.52. The van der Waals surface area contributed by atoms with Gasteiger partial charge in [-0.05, 0) is 55.0 Å². The van der Waals surface area contributed by atoms with E-state index >= 15 is 0 Å². The standard InChI is InChI=1S/C16H14Cl2N2O2/c1-10(11-3-6-13(22-2)7-4-11)19-20-16(21)14-8-5-12(17)9-15(14)18/h3-9H,1-2H3,(H,20,21)/b19-10+. The van der Waals surface area contributed by atoms with Gasteiger partial charge in [0.1, 0.15) is 5.75 Å². The normalized spacial score (nSPS) is 11.2. The Kier molecular flexibility index (Phi) is 5.41. The first kappa shape index (κ1) is 16.3. The number of hydrogen-bond acceptors (Lipinski definition) is 3. The highest BCUT2D eigenvalue weighted by Crippen LogP contribution is 2.20. The van der Waals surface area contributed by atoms with Gasteiger partial charge in [0.25, 0.3) is 5.91 Å². The lowest BCUT2D eigenvalue weighted by Crippen LogP contribution is -2.19. The molecule has 0 saturated heterocycles. The Morgan fingerprint density at radius 3 is 2.41 bits per heavy atom. The minimum atomic E-state index is -0.394. The molecule has 0 spiro atoms. The molecule has 4 nitrogen and oxygen atoms in total. The Hall–Kier alpha value is -2.04. The zero-order valence-corrected chi connectivity index (χ0v) is 13.6. The quantitative estimate of drug-likeness (QED) is 0.673. The number of benzene rings is 2. The third-order valence-corrected chi connectivity index (χ3v) is 3.56. The van der Waals surface area contributed by atoms with Gasteiger partial charge in [0, 0.05) is 5.02 Å². The smallest absolute Gasteiger partial charge is 0.272 e. The van der Waals surface area contributed by atoms with Gasteiger partial charge in [-0.1, -0.05) is 23.2 Å². The summed E-state index contributed by atoms with van der Waals surface area (Å²) in [5.74, 6) is 0.364. The highest BCUT2D eigenvalue weighted by molar-refractivity contribution is 6.36. The maximum absolute atomic E-state index is 12.0. The van der Waals surface area contributed by atoms with E-state index in [2.05, 4.69) is 10.5 Å². The minimum Gasteiger partial charge on any atom is -0.497 e. The second-order valence-corrected chi connectivity index (χ2v) is 5.33. The second-order valence-electron chi connectivity index (χ2n) is 4.49. The lowest BCUT2D eigenvalue weighted by Gasteiger charge is -2.05. The molecule has 2 aromatic rings. The van der Waals surface area contributed by atoms with Crippen molar-refractivity contribution >= 4 is 34.8 Å². The van der Waals surface area contributed by atoms with Crippen molar-refractivity contribution in [2.24, 2.45) is 5.10 Å². The fourth-order valence-electron chi connectivity index (χ4n) is 1.77. The first-order valence-corrected chi connectivity index (χ1v) is 7.21. The lowest BCUT2D eigenvalue weighted by molar-refractivity contribution is 0.0955. The van der Waals surface area contributed by atoms with Gasteiger partial charge in [0.05, 0.1) is 23.4 Å². The number of ether oxygens (including phenoxy) is 1. The Morgan fingerprint density at radius 1 is 1.14 bits per heavy atom. The van der Waals surface area contributed by atoms with E-state index in [4.69, 9.17) is 27.9 Å². The van der Waals surface area contributed by atoms with Crippen LogP contribution in [0.3, 0.4) is 0 Å². The summed E-state index contributed by atoms with van der Waals surface area (Å²) in [4.78, 5) is 12.0. The van der Waals surface area contributed by atoms with Gasteiger partial charge >= 0.3 is 0 Å². The number of nitrogens with one attached hydrogen (secondary N) is 1. The topological polar surface area (TPSA) is 50.7 Å². The molecule has 0 saturated carbocycles. The number of nitrogens with zero attached hydrogens (tertiary/aromatic N) is 1. The third-order valence-electron chi connectivity index (χ3n) is 3.01. The molecular weight excluding hydrogens is 323 g/mol. The highest BCUT2D eigenvalue weighted by Gasteiger charge is 2.10. The molecule has 0 aliphatic heterocycles. The molecule has 0 heterocycles. The number of hydrazone groups is 1. The van der Waals surface area contributed by atoms with Crippen LogP contribution in [-0.4, -0.2) is 18.7 Å². The number of amides is 1. The van der Waals surface area contributed by atoms with Gasteiger partial charge in [0.2, 0.25) is 0 Å². The van der Waals surface area contributed by atoms with Crippen molar-refractivity contribution in [3.05, 3.63) is 63.6 Å². The fraction of sp³-hybridized carbons (Fsp3) is 0.125. The fourth-order valence-corrected chi connectivity index (χ4v) is 2.26. The van der Waals surface area contributed by atoms with E-state index in [0.29, 0.717) is 16.3 Å². The molecule has 0 radical (unpaired) electrons. The summed E-state index contributed by atoms with van der Waals surface area (Å²) in [5, 5.41) is 4.83. The summed E-state index contributed by atoms with van der Waals surface area (Å²) in [6, 6.07) is 12.0. The van der Waals surface area contributed by atoms with Crippen LogP contribution in [0.15, 0.2) is 47.6 Å². The van der Waals surface area contributed by atoms with E-state index in [-0.39, 0.29) is 5.02 Å². The van der Waals surface area contributed by atoms with Crippen molar-refractivity contribution in [3.8, 4) is 5.75 Å². The molecule has 0 unspecified atom stereocenters. The van der Waals surface area contributed by atoms with Gasteiger partial charge in [-0.15, -0.1) is 0 Å². The van der Waals surface area contributed by atoms with Crippen LogP contribution in [-0.2, 0) is 0 Å². The van der Waals surface area contributed by atoms with E-state index in [9.17, 15) is 4.79 Å². The molecule has 0 bridgehead atoms. The van der Waals surface area contributed by atoms with Crippen LogP contribution in [0.2, 0.25) is 10.0 Å². The van der Waals surface area contributed by atoms with Crippen molar-refractivity contribution in [2.75, 3.05) is 7.11 Å². The SMILES string of the molecule is COc1ccc(/C(C)=N/NC(=O)c2ccc(Cl)cc2Cl)cc1. The number of hydrogen-bond donors (Lipinski definition) is 1. The van der Waals surface area contributed by atoms with Crippen LogP contribution in [0.25, 0.3) is 0 Å². The van der Waals surface area contributed by atoms with E-state index in [1.807, 2.05) is 24.3 Å². The number of halogens is 2. The molecule has 114 valence electrons. The van der Waals surface area contributed by atoms with Crippen LogP contribution in [0.4, 0.5) is 0 Å². The monoisotopic (exact) mass is 336 g/mol. The molecule has 0 fully saturated rings. The maximum Gasteiger partial charge on any atom is 0.272 e. The Labute approximate surface area is 138 Å². The summed E-state index contributed by atoms with van der Waals surface area (Å²) in [5.41, 5.74) is 4.34. The number of carbonyl (C=O) groups excluding carboxylic acids is 1. The van der Waals surface area contributed by atoms with Crippen molar-refractivity contribution in [2.45, 2.75) is 6.92 Å². The molecule has 1 amide bonds. The second kappa shape index (κ2) is 7.29. The molecule has 2 aromatic carbocycles. The minimum absolute atomic E-state index is 0.280. The van der Waals surface area contributed by atoms with Crippen molar-refractivity contribution in [1.82, 2.24) is 5.43 Å². The molecular formula is C16H14Cl2N2O2. The molecule has 22 heavy (non-hydrogen) atoms. The van der Waals surface area contributed by atoms with E-state index in [0.717, 1.165) is 11.3 Å². The molecule has 1 N–H and O–H groups in total. The Bertz CT molecular complexity index is 713. The lowest BCUT2D eigenvalue weighted by atomic mass is 10.1. The molecule has 2 rings (SSSR count). The Balaban J connectivity index is 2.10. The van der Waals surface area contributed by atoms with Gasteiger partial charge in [-0.25, -0.2) is 5.43 Å². The summed E-state index contributed by atoms with van der Waals surface area (Å²) >= 11 is 11.8. The van der Waals surface area contributed by atoms with Crippen LogP contribution in [0.1, 0.15) is 22.8 Å². The summed E-state index contributed by atoms with van der Waals surface area (Å²) in [6.45, 7) is 1.80. The van der Waals surface area contributed by atoms with Crippen molar-refractivity contribution in [3.63, 3.8) is 0 Å². The maximum atomic E-state index is 12.0. The zero-order valence-electron chi connectivity index (χ0n) is 12.1. The number of methoxy groups -OCH3 is 1. The van der Waals surface area contributed by atoms with E-state index in [1.165, 1.54) is 6.07 Å². The zero-order chi connectivity index (χ0) is 16.1. The van der Waals surface area contributed by atoms with Crippen LogP contribution < -0.4 is 10.2 Å². The molecule has 0 aliphatic rings. The molecule has 0 atom stereocenters. The average molecular weight is 337 g/mol. The third kappa shape index (κ3) is 4.00. The molecule has 0 aromatic heterocycles. The summed E-state index contributed by atoms with van der Waals surface area (Å²) in [7, 11) is 1.60. The first-order valence-electron chi connectivity index (χ1n) is 6.45. The number of rotatable bonds is 4. The van der Waals surface area contributed by atoms with Crippen LogP contribution in [0.5, 0.6) is 5.75 Å². The number of carbonyl (C=O) groups is 1. The first-order chi connectivity index (χ1) is 10.5. The van der Waals surface area contributed by atoms with Crippen molar-refractivity contribution in [1.29, 1.82) is 0 Å². The van der Waals surface area contributed by atoms with E-state index < -0.39 is 5.91 Å². The van der Waals surface area contributed by atoms with Gasteiger partial charge in [-0.3, -0.25) is 4.79 Å². The van der Waals surface area contributed by atoms with Crippen LogP contribution >= 0.6 is 23.2 Å². The van der Waals surface area contributed by atoms with Crippen LogP contribution in [0, 0.1) is 0 Å².